The molecular formula is C15H22ClNO2. The Labute approximate surface area is 120 Å². The molecule has 1 aromatic rings. The molecular weight excluding hydrogens is 262 g/mol. The van der Waals surface area contributed by atoms with Crippen LogP contribution < -0.4 is 4.74 Å². The maximum atomic E-state index is 12.4. The first-order valence-corrected chi connectivity index (χ1v) is 6.95. The summed E-state index contributed by atoms with van der Waals surface area (Å²) in [6.07, 6.45) is -0.508. The highest BCUT2D eigenvalue weighted by molar-refractivity contribution is 6.30. The van der Waals surface area contributed by atoms with Crippen LogP contribution >= 0.6 is 11.6 Å². The van der Waals surface area contributed by atoms with Crippen molar-refractivity contribution in [2.45, 2.75) is 52.8 Å². The Morgan fingerprint density at radius 2 is 1.53 bits per heavy atom. The SMILES string of the molecule is CC(Oc1ccc(Cl)cc1)C(=O)N(C(C)C)C(C)C. The van der Waals surface area contributed by atoms with Crippen LogP contribution in [0.2, 0.25) is 5.02 Å². The first-order chi connectivity index (χ1) is 8.82. The van der Waals surface area contributed by atoms with Gasteiger partial charge in [0.05, 0.1) is 0 Å². The van der Waals surface area contributed by atoms with Crippen LogP contribution in [0.5, 0.6) is 5.75 Å². The lowest BCUT2D eigenvalue weighted by Gasteiger charge is -2.33. The predicted octanol–water partition coefficient (Wildman–Crippen LogP) is 3.75. The van der Waals surface area contributed by atoms with Gasteiger partial charge in [-0.05, 0) is 58.9 Å². The Morgan fingerprint density at radius 3 is 1.95 bits per heavy atom. The fourth-order valence-corrected chi connectivity index (χ4v) is 2.21. The lowest BCUT2D eigenvalue weighted by atomic mass is 10.2. The van der Waals surface area contributed by atoms with Gasteiger partial charge in [0, 0.05) is 17.1 Å². The van der Waals surface area contributed by atoms with Crippen molar-refractivity contribution in [3.8, 4) is 5.75 Å². The number of rotatable bonds is 5. The number of carbonyl (C=O) groups excluding carboxylic acids is 1. The molecule has 1 aromatic carbocycles. The van der Waals surface area contributed by atoms with Crippen molar-refractivity contribution in [3.05, 3.63) is 29.3 Å². The molecule has 0 aliphatic carbocycles. The van der Waals surface area contributed by atoms with Crippen molar-refractivity contribution in [2.75, 3.05) is 0 Å². The molecule has 1 amide bonds. The molecule has 3 nitrogen and oxygen atoms in total. The number of benzene rings is 1. The van der Waals surface area contributed by atoms with Gasteiger partial charge in [0.25, 0.3) is 5.91 Å². The van der Waals surface area contributed by atoms with Crippen molar-refractivity contribution in [3.63, 3.8) is 0 Å². The quantitative estimate of drug-likeness (QED) is 0.824. The van der Waals surface area contributed by atoms with Gasteiger partial charge in [0.15, 0.2) is 6.10 Å². The summed E-state index contributed by atoms with van der Waals surface area (Å²) >= 11 is 5.81. The van der Waals surface area contributed by atoms with E-state index in [-0.39, 0.29) is 18.0 Å². The summed E-state index contributed by atoms with van der Waals surface area (Å²) in [4.78, 5) is 14.2. The van der Waals surface area contributed by atoms with Crippen LogP contribution in [0.1, 0.15) is 34.6 Å². The zero-order chi connectivity index (χ0) is 14.6. The third kappa shape index (κ3) is 4.43. The molecule has 106 valence electrons. The van der Waals surface area contributed by atoms with E-state index in [4.69, 9.17) is 16.3 Å². The first-order valence-electron chi connectivity index (χ1n) is 6.57. The van der Waals surface area contributed by atoms with Gasteiger partial charge in [-0.15, -0.1) is 0 Å². The average molecular weight is 284 g/mol. The zero-order valence-corrected chi connectivity index (χ0v) is 12.9. The number of carbonyl (C=O) groups is 1. The van der Waals surface area contributed by atoms with E-state index in [0.29, 0.717) is 10.8 Å². The molecule has 0 aliphatic heterocycles. The Kier molecular flexibility index (Phi) is 5.67. The second-order valence-electron chi connectivity index (χ2n) is 5.15. The third-order valence-corrected chi connectivity index (χ3v) is 3.09. The normalized spacial score (nSPS) is 12.6. The van der Waals surface area contributed by atoms with Crippen LogP contribution in [0.3, 0.4) is 0 Å². The van der Waals surface area contributed by atoms with Crippen molar-refractivity contribution in [2.24, 2.45) is 0 Å². The number of amides is 1. The lowest BCUT2D eigenvalue weighted by molar-refractivity contribution is -0.141. The number of hydrogen-bond acceptors (Lipinski definition) is 2. The molecule has 0 N–H and O–H groups in total. The van der Waals surface area contributed by atoms with Crippen molar-refractivity contribution >= 4 is 17.5 Å². The molecule has 19 heavy (non-hydrogen) atoms. The van der Waals surface area contributed by atoms with Gasteiger partial charge in [0.2, 0.25) is 0 Å². The van der Waals surface area contributed by atoms with Gasteiger partial charge in [-0.2, -0.15) is 0 Å². The number of ether oxygens (including phenoxy) is 1. The fraction of sp³-hybridized carbons (Fsp3) is 0.533. The highest BCUT2D eigenvalue weighted by Gasteiger charge is 2.26. The number of nitrogens with zero attached hydrogens (tertiary/aromatic N) is 1. The van der Waals surface area contributed by atoms with Gasteiger partial charge in [-0.1, -0.05) is 11.6 Å². The minimum Gasteiger partial charge on any atom is -0.481 e. The van der Waals surface area contributed by atoms with Gasteiger partial charge < -0.3 is 9.64 Å². The van der Waals surface area contributed by atoms with E-state index in [9.17, 15) is 4.79 Å². The van der Waals surface area contributed by atoms with E-state index < -0.39 is 6.10 Å². The van der Waals surface area contributed by atoms with Gasteiger partial charge in [0.1, 0.15) is 5.75 Å². The molecule has 0 spiro atoms. The third-order valence-electron chi connectivity index (χ3n) is 2.84. The monoisotopic (exact) mass is 283 g/mol. The van der Waals surface area contributed by atoms with Crippen LogP contribution in [0, 0.1) is 0 Å². The molecule has 0 saturated carbocycles. The van der Waals surface area contributed by atoms with E-state index in [1.807, 2.05) is 32.6 Å². The smallest absolute Gasteiger partial charge is 0.263 e. The summed E-state index contributed by atoms with van der Waals surface area (Å²) in [5.74, 6) is 0.651. The Balaban J connectivity index is 2.73. The van der Waals surface area contributed by atoms with Gasteiger partial charge in [-0.3, -0.25) is 4.79 Å². The van der Waals surface area contributed by atoms with Crippen LogP contribution in [-0.2, 0) is 4.79 Å². The molecule has 4 heteroatoms. The zero-order valence-electron chi connectivity index (χ0n) is 12.2. The van der Waals surface area contributed by atoms with E-state index in [0.717, 1.165) is 0 Å². The summed E-state index contributed by atoms with van der Waals surface area (Å²) in [5, 5.41) is 0.650. The minimum absolute atomic E-state index is 0.0000463. The van der Waals surface area contributed by atoms with E-state index in [1.54, 1.807) is 31.2 Å². The maximum absolute atomic E-state index is 12.4. The number of halogens is 1. The maximum Gasteiger partial charge on any atom is 0.263 e. The van der Waals surface area contributed by atoms with Crippen LogP contribution in [-0.4, -0.2) is 29.0 Å². The summed E-state index contributed by atoms with van der Waals surface area (Å²) in [6.45, 7) is 9.80. The topological polar surface area (TPSA) is 29.5 Å². The summed E-state index contributed by atoms with van der Waals surface area (Å²) in [7, 11) is 0. The summed E-state index contributed by atoms with van der Waals surface area (Å²) in [5.41, 5.74) is 0. The predicted molar refractivity (Wildman–Crippen MR) is 78.7 cm³/mol. The molecule has 0 radical (unpaired) electrons. The summed E-state index contributed by atoms with van der Waals surface area (Å²) in [6, 6.07) is 7.34. The molecule has 0 fully saturated rings. The van der Waals surface area contributed by atoms with Crippen molar-refractivity contribution < 1.29 is 9.53 Å². The molecule has 0 bridgehead atoms. The minimum atomic E-state index is -0.508. The Morgan fingerprint density at radius 1 is 1.05 bits per heavy atom. The van der Waals surface area contributed by atoms with E-state index in [2.05, 4.69) is 0 Å². The van der Waals surface area contributed by atoms with Crippen molar-refractivity contribution in [1.82, 2.24) is 4.90 Å². The average Bonchev–Trinajstić information content (AvgIpc) is 2.31. The van der Waals surface area contributed by atoms with E-state index in [1.165, 1.54) is 0 Å². The molecule has 0 aliphatic rings. The fourth-order valence-electron chi connectivity index (χ4n) is 2.08. The Bertz CT molecular complexity index is 407. The number of hydrogen-bond donors (Lipinski definition) is 0. The molecule has 1 atom stereocenters. The van der Waals surface area contributed by atoms with Gasteiger partial charge in [-0.25, -0.2) is 0 Å². The molecule has 0 saturated heterocycles. The second-order valence-corrected chi connectivity index (χ2v) is 5.58. The highest BCUT2D eigenvalue weighted by atomic mass is 35.5. The second kappa shape index (κ2) is 6.80. The highest BCUT2D eigenvalue weighted by Crippen LogP contribution is 2.18. The standard InChI is InChI=1S/C15H22ClNO2/c1-10(2)17(11(3)4)15(18)12(5)19-14-8-6-13(16)7-9-14/h6-12H,1-5H3. The first kappa shape index (κ1) is 15.8. The van der Waals surface area contributed by atoms with Crippen LogP contribution in [0.25, 0.3) is 0 Å². The molecule has 1 unspecified atom stereocenters. The van der Waals surface area contributed by atoms with Crippen LogP contribution in [0.4, 0.5) is 0 Å². The molecule has 1 rings (SSSR count). The molecule has 0 aromatic heterocycles. The summed E-state index contributed by atoms with van der Waals surface area (Å²) < 4.78 is 5.66. The van der Waals surface area contributed by atoms with Crippen molar-refractivity contribution in [1.29, 1.82) is 0 Å². The van der Waals surface area contributed by atoms with Gasteiger partial charge >= 0.3 is 0 Å². The molecule has 0 heterocycles. The lowest BCUT2D eigenvalue weighted by Crippen LogP contribution is -2.47. The van der Waals surface area contributed by atoms with Crippen LogP contribution in [0.15, 0.2) is 24.3 Å². The Hall–Kier alpha value is -1.22. The largest absolute Gasteiger partial charge is 0.481 e. The van der Waals surface area contributed by atoms with E-state index >= 15 is 0 Å².